The van der Waals surface area contributed by atoms with Gasteiger partial charge in [-0.3, -0.25) is 4.79 Å². The van der Waals surface area contributed by atoms with Crippen LogP contribution < -0.4 is 5.32 Å². The first-order chi connectivity index (χ1) is 8.62. The average molecular weight is 265 g/mol. The van der Waals surface area contributed by atoms with Gasteiger partial charge in [0.05, 0.1) is 5.56 Å². The first-order valence-electron chi connectivity index (χ1n) is 5.96. The van der Waals surface area contributed by atoms with E-state index >= 15 is 0 Å². The molecule has 0 fully saturated rings. The number of amides is 1. The number of carbonyl (C=O) groups excluding carboxylic acids is 1. The number of hydrogen-bond acceptors (Lipinski definition) is 3. The van der Waals surface area contributed by atoms with Crippen LogP contribution in [0, 0.1) is 12.3 Å². The number of phenolic OH excluding ortho intramolecular Hbond substituents is 1. The van der Waals surface area contributed by atoms with E-state index in [1.807, 2.05) is 0 Å². The Hall–Kier alpha value is -2.04. The fourth-order valence-corrected chi connectivity index (χ4v) is 1.69. The summed E-state index contributed by atoms with van der Waals surface area (Å²) >= 11 is 0. The fourth-order valence-electron chi connectivity index (χ4n) is 1.69. The summed E-state index contributed by atoms with van der Waals surface area (Å²) in [7, 11) is 0. The number of benzene rings is 1. The highest BCUT2D eigenvalue weighted by Crippen LogP contribution is 2.22. The Bertz CT molecular complexity index is 503. The van der Waals surface area contributed by atoms with E-state index in [-0.39, 0.29) is 11.3 Å². The number of aromatic hydroxyl groups is 1. The van der Waals surface area contributed by atoms with E-state index in [0.717, 1.165) is 5.56 Å². The molecule has 1 aromatic rings. The number of aryl methyl sites for hydroxylation is 1. The van der Waals surface area contributed by atoms with Gasteiger partial charge >= 0.3 is 5.97 Å². The van der Waals surface area contributed by atoms with Crippen molar-refractivity contribution in [3.63, 3.8) is 0 Å². The van der Waals surface area contributed by atoms with Crippen molar-refractivity contribution < 1.29 is 19.8 Å². The number of carboxylic acid groups (broad SMARTS) is 1. The summed E-state index contributed by atoms with van der Waals surface area (Å²) in [5, 5.41) is 21.2. The van der Waals surface area contributed by atoms with E-state index in [2.05, 4.69) is 5.32 Å². The Balaban J connectivity index is 3.01. The molecule has 0 heterocycles. The summed E-state index contributed by atoms with van der Waals surface area (Å²) in [6.07, 6.45) is 0. The summed E-state index contributed by atoms with van der Waals surface area (Å²) in [5.41, 5.74) is 0.266. The normalized spacial score (nSPS) is 12.8. The zero-order valence-corrected chi connectivity index (χ0v) is 11.5. The van der Waals surface area contributed by atoms with Crippen molar-refractivity contribution in [1.29, 1.82) is 0 Å². The standard InChI is InChI=1S/C14H19NO4/c1-8-5-6-10(16)9(7-8)12(17)15-11(13(18)19)14(2,3)4/h5-7,11,16H,1-4H3,(H,15,17)(H,18,19)/t11-/m1/s1. The van der Waals surface area contributed by atoms with Crippen LogP contribution in [0.4, 0.5) is 0 Å². The summed E-state index contributed by atoms with van der Waals surface area (Å²) in [5.74, 6) is -1.86. The third kappa shape index (κ3) is 3.71. The predicted octanol–water partition coefficient (Wildman–Crippen LogP) is 1.93. The van der Waals surface area contributed by atoms with Gasteiger partial charge in [-0.2, -0.15) is 0 Å². The number of carboxylic acids is 1. The van der Waals surface area contributed by atoms with Crippen molar-refractivity contribution in [2.75, 3.05) is 0 Å². The number of phenols is 1. The molecule has 0 saturated heterocycles. The SMILES string of the molecule is Cc1ccc(O)c(C(=O)N[C@H](C(=O)O)C(C)(C)C)c1. The quantitative estimate of drug-likeness (QED) is 0.779. The molecule has 0 aliphatic carbocycles. The van der Waals surface area contributed by atoms with Crippen molar-refractivity contribution in [2.45, 2.75) is 33.7 Å². The van der Waals surface area contributed by atoms with Gasteiger partial charge in [0.15, 0.2) is 0 Å². The number of nitrogens with one attached hydrogen (secondary N) is 1. The molecular weight excluding hydrogens is 246 g/mol. The maximum absolute atomic E-state index is 12.0. The lowest BCUT2D eigenvalue weighted by atomic mass is 9.86. The second kappa shape index (κ2) is 5.30. The van der Waals surface area contributed by atoms with Crippen LogP contribution in [0.2, 0.25) is 0 Å². The van der Waals surface area contributed by atoms with E-state index in [9.17, 15) is 14.7 Å². The number of carbonyl (C=O) groups is 2. The predicted molar refractivity (Wildman–Crippen MR) is 71.2 cm³/mol. The van der Waals surface area contributed by atoms with Crippen molar-refractivity contribution >= 4 is 11.9 Å². The smallest absolute Gasteiger partial charge is 0.326 e. The highest BCUT2D eigenvalue weighted by Gasteiger charge is 2.33. The van der Waals surface area contributed by atoms with Gasteiger partial charge in [0.1, 0.15) is 11.8 Å². The van der Waals surface area contributed by atoms with Crippen molar-refractivity contribution in [3.05, 3.63) is 29.3 Å². The van der Waals surface area contributed by atoms with Gasteiger partial charge in [0, 0.05) is 0 Å². The molecule has 3 N–H and O–H groups in total. The lowest BCUT2D eigenvalue weighted by Gasteiger charge is -2.27. The molecule has 104 valence electrons. The fraction of sp³-hybridized carbons (Fsp3) is 0.429. The van der Waals surface area contributed by atoms with E-state index in [0.29, 0.717) is 0 Å². The minimum Gasteiger partial charge on any atom is -0.507 e. The Labute approximate surface area is 112 Å². The Morgan fingerprint density at radius 1 is 1.26 bits per heavy atom. The monoisotopic (exact) mass is 265 g/mol. The molecule has 0 bridgehead atoms. The summed E-state index contributed by atoms with van der Waals surface area (Å²) in [4.78, 5) is 23.2. The van der Waals surface area contributed by atoms with Crippen molar-refractivity contribution in [1.82, 2.24) is 5.32 Å². The van der Waals surface area contributed by atoms with Gasteiger partial charge < -0.3 is 15.5 Å². The van der Waals surface area contributed by atoms with Crippen LogP contribution in [-0.2, 0) is 4.79 Å². The number of rotatable bonds is 3. The van der Waals surface area contributed by atoms with Crippen LogP contribution >= 0.6 is 0 Å². The van der Waals surface area contributed by atoms with Gasteiger partial charge in [0.2, 0.25) is 0 Å². The molecule has 1 amide bonds. The van der Waals surface area contributed by atoms with Gasteiger partial charge in [-0.25, -0.2) is 4.79 Å². The molecule has 0 saturated carbocycles. The molecule has 5 nitrogen and oxygen atoms in total. The molecule has 1 atom stereocenters. The first-order valence-corrected chi connectivity index (χ1v) is 5.96. The number of hydrogen-bond donors (Lipinski definition) is 3. The van der Waals surface area contributed by atoms with Crippen LogP contribution in [0.25, 0.3) is 0 Å². The molecule has 1 aromatic carbocycles. The van der Waals surface area contributed by atoms with E-state index < -0.39 is 23.3 Å². The van der Waals surface area contributed by atoms with Crippen LogP contribution in [0.1, 0.15) is 36.7 Å². The second-order valence-electron chi connectivity index (χ2n) is 5.63. The molecule has 1 rings (SSSR count). The second-order valence-corrected chi connectivity index (χ2v) is 5.63. The summed E-state index contributed by atoms with van der Waals surface area (Å²) < 4.78 is 0. The minimum atomic E-state index is -1.10. The molecular formula is C14H19NO4. The van der Waals surface area contributed by atoms with Gasteiger partial charge in [-0.1, -0.05) is 32.4 Å². The lowest BCUT2D eigenvalue weighted by molar-refractivity contribution is -0.142. The van der Waals surface area contributed by atoms with E-state index in [1.54, 1.807) is 33.8 Å². The maximum atomic E-state index is 12.0. The molecule has 0 aliphatic rings. The minimum absolute atomic E-state index is 0.0792. The molecule has 19 heavy (non-hydrogen) atoms. The zero-order chi connectivity index (χ0) is 14.8. The van der Waals surface area contributed by atoms with E-state index in [1.165, 1.54) is 12.1 Å². The van der Waals surface area contributed by atoms with Gasteiger partial charge in [-0.05, 0) is 24.5 Å². The third-order valence-corrected chi connectivity index (χ3v) is 2.79. The highest BCUT2D eigenvalue weighted by atomic mass is 16.4. The Kier molecular flexibility index (Phi) is 4.19. The molecule has 0 aliphatic heterocycles. The largest absolute Gasteiger partial charge is 0.507 e. The Morgan fingerprint density at radius 3 is 2.32 bits per heavy atom. The van der Waals surface area contributed by atoms with Crippen LogP contribution in [0.3, 0.4) is 0 Å². The highest BCUT2D eigenvalue weighted by molar-refractivity contribution is 5.99. The molecule has 0 aromatic heterocycles. The lowest BCUT2D eigenvalue weighted by Crippen LogP contribution is -2.49. The molecule has 5 heteroatoms. The van der Waals surface area contributed by atoms with Crippen LogP contribution in [0.5, 0.6) is 5.75 Å². The third-order valence-electron chi connectivity index (χ3n) is 2.79. The molecule has 0 radical (unpaired) electrons. The van der Waals surface area contributed by atoms with Crippen molar-refractivity contribution in [3.8, 4) is 5.75 Å². The topological polar surface area (TPSA) is 86.6 Å². The number of aliphatic carboxylic acids is 1. The van der Waals surface area contributed by atoms with E-state index in [4.69, 9.17) is 5.11 Å². The van der Waals surface area contributed by atoms with Crippen LogP contribution in [0.15, 0.2) is 18.2 Å². The molecule has 0 spiro atoms. The average Bonchev–Trinajstić information content (AvgIpc) is 2.26. The summed E-state index contributed by atoms with van der Waals surface area (Å²) in [6.45, 7) is 6.96. The maximum Gasteiger partial charge on any atom is 0.326 e. The van der Waals surface area contributed by atoms with Crippen LogP contribution in [-0.4, -0.2) is 28.1 Å². The first kappa shape index (κ1) is 15.0. The molecule has 0 unspecified atom stereocenters. The Morgan fingerprint density at radius 2 is 1.84 bits per heavy atom. The summed E-state index contributed by atoms with van der Waals surface area (Å²) in [6, 6.07) is 3.58. The zero-order valence-electron chi connectivity index (χ0n) is 11.5. The van der Waals surface area contributed by atoms with Crippen molar-refractivity contribution in [2.24, 2.45) is 5.41 Å². The van der Waals surface area contributed by atoms with Gasteiger partial charge in [-0.15, -0.1) is 0 Å². The van der Waals surface area contributed by atoms with Gasteiger partial charge in [0.25, 0.3) is 5.91 Å².